The Morgan fingerprint density at radius 1 is 1.39 bits per heavy atom. The molecule has 1 aromatic heterocycles. The fourth-order valence-electron chi connectivity index (χ4n) is 1.58. The maximum absolute atomic E-state index is 11.6. The van der Waals surface area contributed by atoms with Crippen LogP contribution in [0.5, 0.6) is 11.5 Å². The summed E-state index contributed by atoms with van der Waals surface area (Å²) in [5.74, 6) is 0.519. The molecule has 0 aliphatic heterocycles. The van der Waals surface area contributed by atoms with Gasteiger partial charge in [0.05, 0.1) is 13.4 Å². The van der Waals surface area contributed by atoms with Crippen LogP contribution in [0.4, 0.5) is 0 Å². The first-order valence-corrected chi connectivity index (χ1v) is 6.89. The van der Waals surface area contributed by atoms with Gasteiger partial charge >= 0.3 is 0 Å². The van der Waals surface area contributed by atoms with Gasteiger partial charge in [0.15, 0.2) is 17.3 Å². The number of methoxy groups -OCH3 is 1. The zero-order valence-electron chi connectivity index (χ0n) is 9.86. The third kappa shape index (κ3) is 2.17. The van der Waals surface area contributed by atoms with Crippen molar-refractivity contribution in [3.63, 3.8) is 0 Å². The second-order valence-corrected chi connectivity index (χ2v) is 5.56. The van der Waals surface area contributed by atoms with E-state index in [1.165, 1.54) is 31.6 Å². The Morgan fingerprint density at radius 3 is 2.72 bits per heavy atom. The summed E-state index contributed by atoms with van der Waals surface area (Å²) in [5, 5.41) is 9.49. The second-order valence-electron chi connectivity index (χ2n) is 3.70. The first-order valence-electron chi connectivity index (χ1n) is 5.05. The molecule has 18 heavy (non-hydrogen) atoms. The van der Waals surface area contributed by atoms with Gasteiger partial charge < -0.3 is 9.84 Å². The summed E-state index contributed by atoms with van der Waals surface area (Å²) in [5.41, 5.74) is 0.542. The smallest absolute Gasteiger partial charge is 0.237 e. The Hall–Kier alpha value is -2.02. The topological polar surface area (TPSA) is 81.4 Å². The average Bonchev–Trinajstić information content (AvgIpc) is 2.78. The molecule has 1 N–H and O–H groups in total. The minimum atomic E-state index is -3.42. The van der Waals surface area contributed by atoms with Crippen LogP contribution >= 0.6 is 0 Å². The molecule has 0 atom stereocenters. The number of aromatic hydroxyl groups is 1. The molecule has 0 saturated heterocycles. The number of nitrogens with zero attached hydrogens (tertiary/aromatic N) is 2. The Morgan fingerprint density at radius 2 is 2.11 bits per heavy atom. The van der Waals surface area contributed by atoms with E-state index in [1.54, 1.807) is 6.07 Å². The quantitative estimate of drug-likeness (QED) is 0.900. The number of aromatic nitrogens is 2. The maximum Gasteiger partial charge on any atom is 0.237 e. The Bertz CT molecular complexity index is 676. The summed E-state index contributed by atoms with van der Waals surface area (Å²) >= 11 is 0. The van der Waals surface area contributed by atoms with Crippen LogP contribution in [0, 0.1) is 0 Å². The first kappa shape index (κ1) is 12.4. The molecule has 1 heterocycles. The standard InChI is InChI=1S/C11H12N2O4S/c1-17-10-7-8(3-4-9(10)14)11-12-5-6-13(11)18(2,15)16/h3-7,14H,1-2H3. The van der Waals surface area contributed by atoms with Crippen LogP contribution in [-0.2, 0) is 10.0 Å². The molecule has 2 aromatic rings. The van der Waals surface area contributed by atoms with Gasteiger partial charge in [0.25, 0.3) is 0 Å². The largest absolute Gasteiger partial charge is 0.504 e. The van der Waals surface area contributed by atoms with Gasteiger partial charge in [0.2, 0.25) is 10.0 Å². The highest BCUT2D eigenvalue weighted by atomic mass is 32.2. The summed E-state index contributed by atoms with van der Waals surface area (Å²) in [6.45, 7) is 0. The monoisotopic (exact) mass is 268 g/mol. The van der Waals surface area contributed by atoms with Crippen molar-refractivity contribution in [2.24, 2.45) is 0 Å². The van der Waals surface area contributed by atoms with Crippen molar-refractivity contribution in [2.75, 3.05) is 13.4 Å². The molecule has 0 radical (unpaired) electrons. The molecule has 0 fully saturated rings. The van der Waals surface area contributed by atoms with E-state index < -0.39 is 10.0 Å². The molecule has 0 saturated carbocycles. The van der Waals surface area contributed by atoms with E-state index in [2.05, 4.69) is 4.98 Å². The summed E-state index contributed by atoms with van der Waals surface area (Å²) in [4.78, 5) is 4.00. The number of imidazole rings is 1. The van der Waals surface area contributed by atoms with Gasteiger partial charge in [-0.2, -0.15) is 0 Å². The molecule has 0 spiro atoms. The van der Waals surface area contributed by atoms with Gasteiger partial charge in [-0.25, -0.2) is 17.4 Å². The van der Waals surface area contributed by atoms with Gasteiger partial charge in [0.1, 0.15) is 0 Å². The fraction of sp³-hybridized carbons (Fsp3) is 0.182. The van der Waals surface area contributed by atoms with E-state index in [0.717, 1.165) is 10.2 Å². The third-order valence-corrected chi connectivity index (χ3v) is 3.41. The van der Waals surface area contributed by atoms with Crippen molar-refractivity contribution in [1.82, 2.24) is 8.96 Å². The Kier molecular flexibility index (Phi) is 3.00. The highest BCUT2D eigenvalue weighted by Gasteiger charge is 2.14. The number of hydrogen-bond donors (Lipinski definition) is 1. The molecule has 0 aliphatic rings. The number of ether oxygens (including phenoxy) is 1. The lowest BCUT2D eigenvalue weighted by molar-refractivity contribution is 0.373. The molecule has 0 unspecified atom stereocenters. The third-order valence-electron chi connectivity index (χ3n) is 2.40. The lowest BCUT2D eigenvalue weighted by Crippen LogP contribution is -2.10. The summed E-state index contributed by atoms with van der Waals surface area (Å²) < 4.78 is 29.1. The van der Waals surface area contributed by atoms with Crippen molar-refractivity contribution >= 4 is 10.0 Å². The summed E-state index contributed by atoms with van der Waals surface area (Å²) in [7, 11) is -2.00. The van der Waals surface area contributed by atoms with Gasteiger partial charge in [-0.3, -0.25) is 0 Å². The van der Waals surface area contributed by atoms with Crippen molar-refractivity contribution in [3.8, 4) is 22.9 Å². The molecule has 7 heteroatoms. The molecule has 2 rings (SSSR count). The zero-order chi connectivity index (χ0) is 13.3. The highest BCUT2D eigenvalue weighted by molar-refractivity contribution is 7.89. The van der Waals surface area contributed by atoms with E-state index in [0.29, 0.717) is 5.56 Å². The number of phenols is 1. The van der Waals surface area contributed by atoms with Crippen LogP contribution in [0.2, 0.25) is 0 Å². The van der Waals surface area contributed by atoms with Gasteiger partial charge in [-0.05, 0) is 18.2 Å². The normalized spacial score (nSPS) is 11.4. The second kappa shape index (κ2) is 4.34. The van der Waals surface area contributed by atoms with E-state index in [1.807, 2.05) is 0 Å². The SMILES string of the molecule is COc1cc(-c2nccn2S(C)(=O)=O)ccc1O. The maximum atomic E-state index is 11.6. The molecule has 0 aliphatic carbocycles. The predicted octanol–water partition coefficient (Wildman–Crippen LogP) is 1.07. The fourth-order valence-corrected chi connectivity index (χ4v) is 2.32. The van der Waals surface area contributed by atoms with Gasteiger partial charge in [-0.1, -0.05) is 0 Å². The molecule has 6 nitrogen and oxygen atoms in total. The van der Waals surface area contributed by atoms with E-state index in [-0.39, 0.29) is 17.3 Å². The van der Waals surface area contributed by atoms with Crippen LogP contribution in [0.1, 0.15) is 0 Å². The first-order chi connectivity index (χ1) is 8.43. The number of phenolic OH excluding ortho intramolecular Hbond substituents is 1. The molecule has 96 valence electrons. The summed E-state index contributed by atoms with van der Waals surface area (Å²) in [6, 6.07) is 4.52. The highest BCUT2D eigenvalue weighted by Crippen LogP contribution is 2.30. The minimum Gasteiger partial charge on any atom is -0.504 e. The molecular weight excluding hydrogens is 256 g/mol. The van der Waals surface area contributed by atoms with E-state index >= 15 is 0 Å². The Balaban J connectivity index is 2.60. The van der Waals surface area contributed by atoms with Gasteiger partial charge in [0, 0.05) is 18.0 Å². The molecule has 0 bridgehead atoms. The molecule has 0 amide bonds. The minimum absolute atomic E-state index is 0.0151. The molecule has 1 aromatic carbocycles. The van der Waals surface area contributed by atoms with Crippen LogP contribution in [-0.4, -0.2) is 35.8 Å². The lowest BCUT2D eigenvalue weighted by atomic mass is 10.2. The van der Waals surface area contributed by atoms with Crippen molar-refractivity contribution in [2.45, 2.75) is 0 Å². The van der Waals surface area contributed by atoms with Crippen LogP contribution in [0.3, 0.4) is 0 Å². The van der Waals surface area contributed by atoms with Crippen LogP contribution in [0.25, 0.3) is 11.4 Å². The van der Waals surface area contributed by atoms with Gasteiger partial charge in [-0.15, -0.1) is 0 Å². The van der Waals surface area contributed by atoms with Crippen molar-refractivity contribution in [3.05, 3.63) is 30.6 Å². The van der Waals surface area contributed by atoms with E-state index in [4.69, 9.17) is 4.74 Å². The van der Waals surface area contributed by atoms with Crippen molar-refractivity contribution < 1.29 is 18.3 Å². The number of benzene rings is 1. The number of hydrogen-bond acceptors (Lipinski definition) is 5. The molecular formula is C11H12N2O4S. The average molecular weight is 268 g/mol. The lowest BCUT2D eigenvalue weighted by Gasteiger charge is -2.08. The van der Waals surface area contributed by atoms with Crippen LogP contribution in [0.15, 0.2) is 30.6 Å². The predicted molar refractivity (Wildman–Crippen MR) is 66.1 cm³/mol. The summed E-state index contributed by atoms with van der Waals surface area (Å²) in [6.07, 6.45) is 3.86. The van der Waals surface area contributed by atoms with Crippen molar-refractivity contribution in [1.29, 1.82) is 0 Å². The van der Waals surface area contributed by atoms with E-state index in [9.17, 15) is 13.5 Å². The van der Waals surface area contributed by atoms with Crippen LogP contribution < -0.4 is 4.74 Å². The Labute approximate surface area is 105 Å². The zero-order valence-corrected chi connectivity index (χ0v) is 10.7. The number of rotatable bonds is 3.